The first-order valence-corrected chi connectivity index (χ1v) is 26.2. The first-order valence-electron chi connectivity index (χ1n) is 24.7. The average Bonchev–Trinajstić information content (AvgIpc) is 3.26. The molecule has 0 bridgehead atoms. The Morgan fingerprint density at radius 3 is 1.44 bits per heavy atom. The highest BCUT2D eigenvalue weighted by Gasteiger charge is 2.51. The van der Waals surface area contributed by atoms with Gasteiger partial charge in [0.1, 0.15) is 36.6 Å². The maximum Gasteiger partial charge on any atom is 0.472 e. The van der Waals surface area contributed by atoms with Gasteiger partial charge in [-0.1, -0.05) is 172 Å². The zero-order valence-corrected chi connectivity index (χ0v) is 39.9. The van der Waals surface area contributed by atoms with Crippen molar-refractivity contribution in [3.05, 3.63) is 48.6 Å². The van der Waals surface area contributed by atoms with E-state index in [1.807, 2.05) is 6.08 Å². The smallest absolute Gasteiger partial charge is 0.393 e. The number of nitrogens with one attached hydrogen (secondary N) is 1. The molecule has 1 aliphatic rings. The Labute approximate surface area is 380 Å². The molecule has 1 aliphatic carbocycles. The molecule has 63 heavy (non-hydrogen) atoms. The predicted molar refractivity (Wildman–Crippen MR) is 252 cm³/mol. The summed E-state index contributed by atoms with van der Waals surface area (Å²) in [6.45, 7) is 3.67. The van der Waals surface area contributed by atoms with E-state index in [-0.39, 0.29) is 6.42 Å². The molecule has 14 heteroatoms. The fourth-order valence-corrected chi connectivity index (χ4v) is 8.51. The number of aliphatic hydroxyl groups excluding tert-OH is 7. The van der Waals surface area contributed by atoms with Crippen LogP contribution in [0.3, 0.4) is 0 Å². The molecular weight excluding hydrogens is 826 g/mol. The summed E-state index contributed by atoms with van der Waals surface area (Å²) in [5, 5.41) is 74.4. The van der Waals surface area contributed by atoms with Gasteiger partial charge in [-0.15, -0.1) is 0 Å². The van der Waals surface area contributed by atoms with Crippen LogP contribution in [0, 0.1) is 0 Å². The highest BCUT2D eigenvalue weighted by Crippen LogP contribution is 2.47. The third-order valence-electron chi connectivity index (χ3n) is 11.6. The van der Waals surface area contributed by atoms with E-state index in [9.17, 15) is 50.0 Å². The third-order valence-corrected chi connectivity index (χ3v) is 12.6. The maximum atomic E-state index is 13.0. The van der Waals surface area contributed by atoms with Gasteiger partial charge < -0.3 is 46.0 Å². The van der Waals surface area contributed by atoms with Gasteiger partial charge in [0.15, 0.2) is 0 Å². The summed E-state index contributed by atoms with van der Waals surface area (Å²) in [6.07, 6.45) is 32.2. The molecule has 0 aromatic heterocycles. The van der Waals surface area contributed by atoms with E-state index in [1.54, 1.807) is 6.08 Å². The Morgan fingerprint density at radius 1 is 0.556 bits per heavy atom. The maximum absolute atomic E-state index is 13.0. The largest absolute Gasteiger partial charge is 0.472 e. The van der Waals surface area contributed by atoms with Crippen molar-refractivity contribution in [2.24, 2.45) is 0 Å². The third kappa shape index (κ3) is 30.2. The van der Waals surface area contributed by atoms with Crippen LogP contribution in [-0.2, 0) is 18.4 Å². The molecule has 1 saturated carbocycles. The van der Waals surface area contributed by atoms with Crippen molar-refractivity contribution in [1.29, 1.82) is 0 Å². The van der Waals surface area contributed by atoms with E-state index in [2.05, 4.69) is 49.5 Å². The second-order valence-electron chi connectivity index (χ2n) is 17.5. The Morgan fingerprint density at radius 2 is 0.952 bits per heavy atom. The predicted octanol–water partition coefficient (Wildman–Crippen LogP) is 8.70. The van der Waals surface area contributed by atoms with Crippen LogP contribution in [0.2, 0.25) is 0 Å². The van der Waals surface area contributed by atoms with Crippen LogP contribution in [0.15, 0.2) is 48.6 Å². The molecule has 0 spiro atoms. The fraction of sp³-hybridized carbons (Fsp3) is 0.816. The second-order valence-corrected chi connectivity index (χ2v) is 18.9. The lowest BCUT2D eigenvalue weighted by Crippen LogP contribution is -2.64. The van der Waals surface area contributed by atoms with Crippen LogP contribution < -0.4 is 5.32 Å². The summed E-state index contributed by atoms with van der Waals surface area (Å²) < 4.78 is 22.8. The highest BCUT2D eigenvalue weighted by molar-refractivity contribution is 7.47. The Hall–Kier alpha value is -1.74. The minimum Gasteiger partial charge on any atom is -0.393 e. The van der Waals surface area contributed by atoms with Crippen molar-refractivity contribution in [1.82, 2.24) is 5.32 Å². The Bertz CT molecular complexity index is 1260. The average molecular weight is 916 g/mol. The second kappa shape index (κ2) is 38.4. The molecular formula is C49H90NO12P. The van der Waals surface area contributed by atoms with Gasteiger partial charge in [-0.3, -0.25) is 13.8 Å². The number of amides is 1. The van der Waals surface area contributed by atoms with E-state index in [0.717, 1.165) is 64.2 Å². The van der Waals surface area contributed by atoms with Gasteiger partial charge in [0, 0.05) is 0 Å². The lowest BCUT2D eigenvalue weighted by molar-refractivity contribution is -0.220. The van der Waals surface area contributed by atoms with Crippen LogP contribution in [0.1, 0.15) is 194 Å². The van der Waals surface area contributed by atoms with Crippen LogP contribution in [0.5, 0.6) is 0 Å². The van der Waals surface area contributed by atoms with Crippen molar-refractivity contribution >= 4 is 13.7 Å². The zero-order valence-electron chi connectivity index (χ0n) is 39.0. The van der Waals surface area contributed by atoms with Gasteiger partial charge in [0.05, 0.1) is 31.3 Å². The van der Waals surface area contributed by atoms with E-state index in [1.165, 1.54) is 96.0 Å². The number of hydrogen-bond acceptors (Lipinski definition) is 11. The van der Waals surface area contributed by atoms with E-state index in [0.29, 0.717) is 19.3 Å². The molecule has 0 saturated heterocycles. The molecule has 1 rings (SSSR count). The van der Waals surface area contributed by atoms with Crippen molar-refractivity contribution in [3.8, 4) is 0 Å². The summed E-state index contributed by atoms with van der Waals surface area (Å²) in [4.78, 5) is 23.4. The van der Waals surface area contributed by atoms with Crippen LogP contribution >= 0.6 is 7.82 Å². The van der Waals surface area contributed by atoms with Crippen LogP contribution in [-0.4, -0.2) is 108 Å². The van der Waals surface area contributed by atoms with Crippen LogP contribution in [0.4, 0.5) is 0 Å². The summed E-state index contributed by atoms with van der Waals surface area (Å²) in [5.74, 6) is -0.613. The number of phosphoric acid groups is 1. The molecule has 0 radical (unpaired) electrons. The monoisotopic (exact) mass is 916 g/mol. The normalized spacial score (nSPS) is 23.3. The summed E-state index contributed by atoms with van der Waals surface area (Å²) >= 11 is 0. The Kier molecular flexibility index (Phi) is 36.1. The summed E-state index contributed by atoms with van der Waals surface area (Å²) in [7, 11) is -5.15. The van der Waals surface area contributed by atoms with E-state index < -0.39 is 75.2 Å². The quantitative estimate of drug-likeness (QED) is 0.0160. The first-order chi connectivity index (χ1) is 30.3. The number of carbonyl (C=O) groups excluding carboxylic acids is 1. The Balaban J connectivity index is 2.47. The number of rotatable bonds is 40. The highest BCUT2D eigenvalue weighted by atomic mass is 31.2. The fourth-order valence-electron chi connectivity index (χ4n) is 7.55. The summed E-state index contributed by atoms with van der Waals surface area (Å²) in [5.41, 5.74) is 0. The van der Waals surface area contributed by atoms with Gasteiger partial charge in [-0.25, -0.2) is 4.57 Å². The lowest BCUT2D eigenvalue weighted by Gasteiger charge is -2.41. The molecule has 368 valence electrons. The SMILES string of the molecule is CCCC/C=C/CC/C=C/CC/C=C/C(O)C(COP(=O)(O)OC1C(O)C(O)C(O)C(O)C1O)NC(=O)CC(O)CCCCCCC/C=C\CCCCCCCCCCCCCC. The van der Waals surface area contributed by atoms with Gasteiger partial charge in [0.25, 0.3) is 0 Å². The number of unbranched alkanes of at least 4 members (excludes halogenated alkanes) is 21. The molecule has 13 nitrogen and oxygen atoms in total. The van der Waals surface area contributed by atoms with Gasteiger partial charge in [0.2, 0.25) is 5.91 Å². The van der Waals surface area contributed by atoms with Gasteiger partial charge in [-0.05, 0) is 64.2 Å². The zero-order chi connectivity index (χ0) is 46.6. The molecule has 1 fully saturated rings. The number of allylic oxidation sites excluding steroid dienone is 7. The molecule has 0 aromatic carbocycles. The lowest BCUT2D eigenvalue weighted by atomic mass is 9.85. The molecule has 0 heterocycles. The van der Waals surface area contributed by atoms with Crippen molar-refractivity contribution < 1.29 is 59.0 Å². The number of carbonyl (C=O) groups is 1. The number of hydrogen-bond donors (Lipinski definition) is 9. The minimum absolute atomic E-state index is 0.263. The topological polar surface area (TPSA) is 226 Å². The van der Waals surface area contributed by atoms with E-state index in [4.69, 9.17) is 9.05 Å². The van der Waals surface area contributed by atoms with Gasteiger partial charge in [-0.2, -0.15) is 0 Å². The van der Waals surface area contributed by atoms with Crippen molar-refractivity contribution in [2.75, 3.05) is 6.61 Å². The summed E-state index contributed by atoms with van der Waals surface area (Å²) in [6, 6.07) is -1.27. The molecule has 0 aromatic rings. The molecule has 1 amide bonds. The van der Waals surface area contributed by atoms with E-state index >= 15 is 0 Å². The molecule has 8 atom stereocenters. The van der Waals surface area contributed by atoms with Crippen molar-refractivity contribution in [3.63, 3.8) is 0 Å². The standard InChI is InChI=1S/C49H90NO12P/c1-3-5-7-9-11-13-15-17-18-19-20-21-22-23-24-25-26-28-30-32-34-36-40(51)38-43(53)50-41(42(52)37-35-33-31-29-27-16-14-12-10-8-6-4-2)39-61-63(59,60)62-49-47(57)45(55)44(54)46(56)48(49)58/h10,12,23-24,27,29,35,37,40-42,44-49,51-52,54-58H,3-9,11,13-22,25-26,28,30-34,36,38-39H2,1-2H3,(H,50,53)(H,59,60)/b12-10+,24-23-,29-27+,37-35+. The first kappa shape index (κ1) is 59.3. The van der Waals surface area contributed by atoms with Crippen molar-refractivity contribution in [2.45, 2.75) is 249 Å². The van der Waals surface area contributed by atoms with Crippen LogP contribution in [0.25, 0.3) is 0 Å². The number of phosphoric ester groups is 1. The minimum atomic E-state index is -5.15. The molecule has 8 unspecified atom stereocenters. The molecule has 9 N–H and O–H groups in total. The van der Waals surface area contributed by atoms with Gasteiger partial charge >= 0.3 is 7.82 Å². The molecule has 0 aliphatic heterocycles. The number of aliphatic hydroxyl groups is 7.